The van der Waals surface area contributed by atoms with Gasteiger partial charge in [0.05, 0.1) is 11.4 Å². The number of nitrogens with zero attached hydrogens (tertiary/aromatic N) is 3. The van der Waals surface area contributed by atoms with Crippen LogP contribution in [-0.2, 0) is 11.2 Å². The van der Waals surface area contributed by atoms with Gasteiger partial charge >= 0.3 is 0 Å². The number of carbonyl (C=O) groups is 1. The highest BCUT2D eigenvalue weighted by atomic mass is 32.1. The zero-order chi connectivity index (χ0) is 15.9. The molecule has 2 aromatic heterocycles. The second-order valence-corrected chi connectivity index (χ2v) is 6.50. The second kappa shape index (κ2) is 8.05. The number of hydrogen-bond donors (Lipinski definition) is 1. The number of aryl methyl sites for hydroxylation is 1. The first-order chi connectivity index (χ1) is 10.5. The number of amides is 1. The second-order valence-electron chi connectivity index (χ2n) is 5.55. The molecule has 0 fully saturated rings. The van der Waals surface area contributed by atoms with Crippen molar-refractivity contribution in [2.24, 2.45) is 0 Å². The number of likely N-dealkylation sites (N-methyl/N-ethyl adjacent to an activating group) is 1. The molecule has 120 valence electrons. The van der Waals surface area contributed by atoms with E-state index in [0.29, 0.717) is 24.7 Å². The molecule has 2 aromatic rings. The number of hydrogen-bond acceptors (Lipinski definition) is 6. The van der Waals surface area contributed by atoms with Gasteiger partial charge in [0.1, 0.15) is 0 Å². The largest absolute Gasteiger partial charge is 0.353 e. The van der Waals surface area contributed by atoms with Gasteiger partial charge in [0.2, 0.25) is 17.6 Å². The van der Waals surface area contributed by atoms with Gasteiger partial charge in [-0.3, -0.25) is 9.69 Å². The van der Waals surface area contributed by atoms with Crippen LogP contribution in [-0.4, -0.2) is 47.1 Å². The zero-order valence-electron chi connectivity index (χ0n) is 13.2. The number of aromatic nitrogens is 2. The summed E-state index contributed by atoms with van der Waals surface area (Å²) in [5.41, 5.74) is 0. The minimum Gasteiger partial charge on any atom is -0.353 e. The molecule has 2 heterocycles. The lowest BCUT2D eigenvalue weighted by Crippen LogP contribution is -2.38. The van der Waals surface area contributed by atoms with Gasteiger partial charge in [-0.25, -0.2) is 0 Å². The molecule has 0 aromatic carbocycles. The molecule has 7 heteroatoms. The van der Waals surface area contributed by atoms with Crippen LogP contribution in [0.1, 0.15) is 26.2 Å². The van der Waals surface area contributed by atoms with E-state index in [9.17, 15) is 4.79 Å². The molecular formula is C15H22N4O2S. The van der Waals surface area contributed by atoms with Gasteiger partial charge in [-0.1, -0.05) is 11.2 Å². The van der Waals surface area contributed by atoms with Gasteiger partial charge in [-0.05, 0) is 45.3 Å². The quantitative estimate of drug-likeness (QED) is 0.806. The van der Waals surface area contributed by atoms with Crippen LogP contribution < -0.4 is 5.32 Å². The summed E-state index contributed by atoms with van der Waals surface area (Å²) in [5.74, 6) is 1.34. The SMILES string of the molecule is CC(C)NC(=O)CN(C)CCCc1nc(-c2cccs2)no1. The van der Waals surface area contributed by atoms with Gasteiger partial charge in [-0.15, -0.1) is 11.3 Å². The summed E-state index contributed by atoms with van der Waals surface area (Å²) >= 11 is 1.59. The molecule has 0 spiro atoms. The highest BCUT2D eigenvalue weighted by Crippen LogP contribution is 2.21. The highest BCUT2D eigenvalue weighted by Gasteiger charge is 2.11. The predicted octanol–water partition coefficient (Wildman–Crippen LogP) is 2.19. The Morgan fingerprint density at radius 3 is 3.00 bits per heavy atom. The lowest BCUT2D eigenvalue weighted by atomic mass is 10.3. The molecule has 0 radical (unpaired) electrons. The van der Waals surface area contributed by atoms with Gasteiger partial charge < -0.3 is 9.84 Å². The predicted molar refractivity (Wildman–Crippen MR) is 86.7 cm³/mol. The van der Waals surface area contributed by atoms with Crippen molar-refractivity contribution in [2.45, 2.75) is 32.7 Å². The standard InChI is InChI=1S/C15H22N4O2S/c1-11(2)16-13(20)10-19(3)8-4-7-14-17-15(18-21-14)12-6-5-9-22-12/h5-6,9,11H,4,7-8,10H2,1-3H3,(H,16,20). The van der Waals surface area contributed by atoms with Crippen LogP contribution in [0, 0.1) is 0 Å². The Bertz CT molecular complexity index is 580. The summed E-state index contributed by atoms with van der Waals surface area (Å²) in [7, 11) is 1.94. The van der Waals surface area contributed by atoms with Gasteiger partial charge in [-0.2, -0.15) is 4.98 Å². The lowest BCUT2D eigenvalue weighted by Gasteiger charge is -2.16. The molecule has 2 rings (SSSR count). The van der Waals surface area contributed by atoms with Crippen LogP contribution in [0.15, 0.2) is 22.0 Å². The van der Waals surface area contributed by atoms with Gasteiger partial charge in [0, 0.05) is 12.5 Å². The minimum absolute atomic E-state index is 0.0512. The first kappa shape index (κ1) is 16.6. The first-order valence-corrected chi connectivity index (χ1v) is 8.27. The molecule has 0 aliphatic carbocycles. The summed E-state index contributed by atoms with van der Waals surface area (Å²) < 4.78 is 5.25. The van der Waals surface area contributed by atoms with Crippen molar-refractivity contribution >= 4 is 17.2 Å². The lowest BCUT2D eigenvalue weighted by molar-refractivity contribution is -0.122. The normalized spacial score (nSPS) is 11.3. The molecule has 0 atom stereocenters. The van der Waals surface area contributed by atoms with Crippen molar-refractivity contribution in [3.63, 3.8) is 0 Å². The number of rotatable bonds is 8. The Labute approximate surface area is 134 Å². The Kier molecular flexibility index (Phi) is 6.09. The molecule has 0 aliphatic heterocycles. The van der Waals surface area contributed by atoms with Crippen LogP contribution in [0.2, 0.25) is 0 Å². The maximum absolute atomic E-state index is 11.6. The zero-order valence-corrected chi connectivity index (χ0v) is 14.0. The van der Waals surface area contributed by atoms with Crippen LogP contribution in [0.25, 0.3) is 10.7 Å². The van der Waals surface area contributed by atoms with Crippen molar-refractivity contribution in [2.75, 3.05) is 20.1 Å². The molecule has 0 aliphatic rings. The third kappa shape index (κ3) is 5.23. The van der Waals surface area contributed by atoms with E-state index < -0.39 is 0 Å². The Balaban J connectivity index is 1.71. The first-order valence-electron chi connectivity index (χ1n) is 7.39. The van der Waals surface area contributed by atoms with Gasteiger partial charge in [0.25, 0.3) is 0 Å². The summed E-state index contributed by atoms with van der Waals surface area (Å²) in [4.78, 5) is 19.0. The summed E-state index contributed by atoms with van der Waals surface area (Å²) in [5, 5.41) is 8.85. The maximum atomic E-state index is 11.6. The maximum Gasteiger partial charge on any atom is 0.234 e. The Morgan fingerprint density at radius 2 is 2.32 bits per heavy atom. The van der Waals surface area contributed by atoms with Crippen molar-refractivity contribution in [3.05, 3.63) is 23.4 Å². The van der Waals surface area contributed by atoms with Crippen molar-refractivity contribution in [3.8, 4) is 10.7 Å². The molecule has 0 bridgehead atoms. The molecule has 0 unspecified atom stereocenters. The average molecular weight is 322 g/mol. The fraction of sp³-hybridized carbons (Fsp3) is 0.533. The van der Waals surface area contributed by atoms with E-state index in [-0.39, 0.29) is 11.9 Å². The van der Waals surface area contributed by atoms with Crippen molar-refractivity contribution in [1.29, 1.82) is 0 Å². The molecule has 6 nitrogen and oxygen atoms in total. The van der Waals surface area contributed by atoms with E-state index in [0.717, 1.165) is 17.8 Å². The average Bonchev–Trinajstić information content (AvgIpc) is 3.07. The van der Waals surface area contributed by atoms with E-state index in [2.05, 4.69) is 15.5 Å². The fourth-order valence-corrected chi connectivity index (χ4v) is 2.70. The minimum atomic E-state index is 0.0512. The van der Waals surface area contributed by atoms with E-state index in [1.165, 1.54) is 0 Å². The van der Waals surface area contributed by atoms with Crippen molar-refractivity contribution < 1.29 is 9.32 Å². The van der Waals surface area contributed by atoms with Crippen LogP contribution in [0.4, 0.5) is 0 Å². The third-order valence-electron chi connectivity index (χ3n) is 3.00. The fourth-order valence-electron chi connectivity index (χ4n) is 2.05. The van der Waals surface area contributed by atoms with E-state index in [4.69, 9.17) is 4.52 Å². The summed E-state index contributed by atoms with van der Waals surface area (Å²) in [6.45, 7) is 5.13. The summed E-state index contributed by atoms with van der Waals surface area (Å²) in [6, 6.07) is 4.11. The molecular weight excluding hydrogens is 300 g/mol. The van der Waals surface area contributed by atoms with E-state index >= 15 is 0 Å². The number of thiophene rings is 1. The monoisotopic (exact) mass is 322 g/mol. The van der Waals surface area contributed by atoms with Crippen LogP contribution >= 0.6 is 11.3 Å². The van der Waals surface area contributed by atoms with Gasteiger partial charge in [0.15, 0.2) is 0 Å². The Morgan fingerprint density at radius 1 is 1.50 bits per heavy atom. The Hall–Kier alpha value is -1.73. The van der Waals surface area contributed by atoms with E-state index in [1.807, 2.05) is 43.3 Å². The third-order valence-corrected chi connectivity index (χ3v) is 3.87. The smallest absolute Gasteiger partial charge is 0.234 e. The molecule has 1 amide bonds. The number of nitrogens with one attached hydrogen (secondary N) is 1. The van der Waals surface area contributed by atoms with E-state index in [1.54, 1.807) is 11.3 Å². The molecule has 0 saturated carbocycles. The topological polar surface area (TPSA) is 71.3 Å². The molecule has 22 heavy (non-hydrogen) atoms. The highest BCUT2D eigenvalue weighted by molar-refractivity contribution is 7.13. The van der Waals surface area contributed by atoms with Crippen molar-refractivity contribution in [1.82, 2.24) is 20.4 Å². The molecule has 0 saturated heterocycles. The number of carbonyl (C=O) groups excluding carboxylic acids is 1. The summed E-state index contributed by atoms with van der Waals surface area (Å²) in [6.07, 6.45) is 1.59. The molecule has 1 N–H and O–H groups in total. The van der Waals surface area contributed by atoms with Crippen LogP contribution in [0.3, 0.4) is 0 Å². The van der Waals surface area contributed by atoms with Crippen LogP contribution in [0.5, 0.6) is 0 Å².